The van der Waals surface area contributed by atoms with E-state index in [0.717, 1.165) is 32.8 Å². The van der Waals surface area contributed by atoms with Gasteiger partial charge < -0.3 is 4.57 Å². The smallest absolute Gasteiger partial charge is 0.277 e. The van der Waals surface area contributed by atoms with Crippen molar-refractivity contribution < 1.29 is 4.92 Å². The lowest BCUT2D eigenvalue weighted by molar-refractivity contribution is -0.384. The number of hydrogen-bond donors (Lipinski definition) is 0. The number of hydrogen-bond acceptors (Lipinski definition) is 2. The van der Waals surface area contributed by atoms with Gasteiger partial charge in [-0.2, -0.15) is 0 Å². The molecule has 4 nitrogen and oxygen atoms in total. The van der Waals surface area contributed by atoms with Crippen LogP contribution in [0.2, 0.25) is 0 Å². The Labute approximate surface area is 161 Å². The number of rotatable bonds is 3. The molecule has 0 aliphatic heterocycles. The first kappa shape index (κ1) is 16.3. The van der Waals surface area contributed by atoms with Crippen molar-refractivity contribution in [3.8, 4) is 16.8 Å². The molecule has 0 aliphatic rings. The molecule has 0 N–H and O–H groups in total. The Morgan fingerprint density at radius 2 is 1.43 bits per heavy atom. The van der Waals surface area contributed by atoms with E-state index in [-0.39, 0.29) is 10.6 Å². The van der Waals surface area contributed by atoms with Gasteiger partial charge in [0.25, 0.3) is 5.69 Å². The Morgan fingerprint density at radius 3 is 2.25 bits per heavy atom. The molecule has 0 radical (unpaired) electrons. The number of nitro groups is 1. The molecular weight excluding hydrogens is 348 g/mol. The van der Waals surface area contributed by atoms with E-state index in [0.29, 0.717) is 5.56 Å². The normalized spacial score (nSPS) is 11.1. The summed E-state index contributed by atoms with van der Waals surface area (Å²) in [7, 11) is 0. The monoisotopic (exact) mass is 364 g/mol. The predicted octanol–water partition coefficient (Wildman–Crippen LogP) is 6.36. The Bertz CT molecular complexity index is 1340. The van der Waals surface area contributed by atoms with Crippen LogP contribution >= 0.6 is 0 Å². The van der Waals surface area contributed by atoms with E-state index >= 15 is 0 Å². The fourth-order valence-corrected chi connectivity index (χ4v) is 3.74. The van der Waals surface area contributed by atoms with E-state index in [1.54, 1.807) is 18.2 Å². The van der Waals surface area contributed by atoms with Gasteiger partial charge in [0.2, 0.25) is 0 Å². The van der Waals surface area contributed by atoms with Gasteiger partial charge in [-0.15, -0.1) is 0 Å². The molecule has 0 atom stereocenters. The average molecular weight is 364 g/mol. The molecule has 5 rings (SSSR count). The SMILES string of the molecule is O=[N+]([O-])c1ccccc1-c1ccc2ccc3cn(-c4ccccc4)cc3c2c1. The third-order valence-corrected chi connectivity index (χ3v) is 5.11. The zero-order chi connectivity index (χ0) is 19.1. The van der Waals surface area contributed by atoms with Crippen LogP contribution in [0.1, 0.15) is 0 Å². The standard InChI is InChI=1S/C24H16N2O2/c27-26(28)24-9-5-4-8-21(24)18-12-10-17-11-13-19-15-25(16-23(19)22(17)14-18)20-6-2-1-3-7-20/h1-16H. The van der Waals surface area contributed by atoms with Gasteiger partial charge in [-0.1, -0.05) is 54.6 Å². The summed E-state index contributed by atoms with van der Waals surface area (Å²) in [6, 6.07) is 27.3. The van der Waals surface area contributed by atoms with Gasteiger partial charge in [0, 0.05) is 34.9 Å². The summed E-state index contributed by atoms with van der Waals surface area (Å²) in [6.07, 6.45) is 4.23. The molecule has 5 aromatic rings. The Kier molecular flexibility index (Phi) is 3.69. The third kappa shape index (κ3) is 2.63. The van der Waals surface area contributed by atoms with E-state index in [1.807, 2.05) is 36.4 Å². The van der Waals surface area contributed by atoms with Gasteiger partial charge in [0.1, 0.15) is 0 Å². The summed E-state index contributed by atoms with van der Waals surface area (Å²) in [5.74, 6) is 0. The van der Waals surface area contributed by atoms with Crippen molar-refractivity contribution in [2.75, 3.05) is 0 Å². The minimum absolute atomic E-state index is 0.121. The number of nitro benzene ring substituents is 1. The number of para-hydroxylation sites is 2. The topological polar surface area (TPSA) is 48.1 Å². The van der Waals surface area contributed by atoms with E-state index < -0.39 is 0 Å². The van der Waals surface area contributed by atoms with Crippen LogP contribution in [0.3, 0.4) is 0 Å². The first-order valence-corrected chi connectivity index (χ1v) is 9.04. The fraction of sp³-hybridized carbons (Fsp3) is 0. The van der Waals surface area contributed by atoms with Gasteiger partial charge in [-0.25, -0.2) is 0 Å². The highest BCUT2D eigenvalue weighted by Crippen LogP contribution is 2.34. The maximum Gasteiger partial charge on any atom is 0.277 e. The fourth-order valence-electron chi connectivity index (χ4n) is 3.74. The van der Waals surface area contributed by atoms with E-state index in [4.69, 9.17) is 0 Å². The quantitative estimate of drug-likeness (QED) is 0.276. The molecule has 0 amide bonds. The molecule has 0 saturated carbocycles. The Hall–Kier alpha value is -3.92. The maximum atomic E-state index is 11.4. The van der Waals surface area contributed by atoms with Crippen LogP contribution in [-0.4, -0.2) is 9.49 Å². The molecule has 4 aromatic carbocycles. The molecule has 134 valence electrons. The zero-order valence-corrected chi connectivity index (χ0v) is 14.9. The molecule has 0 spiro atoms. The summed E-state index contributed by atoms with van der Waals surface area (Å²) >= 11 is 0. The number of aromatic nitrogens is 1. The first-order chi connectivity index (χ1) is 13.7. The van der Waals surface area contributed by atoms with Crippen LogP contribution in [0, 0.1) is 10.1 Å². The molecule has 0 fully saturated rings. The molecule has 0 unspecified atom stereocenters. The highest BCUT2D eigenvalue weighted by Gasteiger charge is 2.15. The van der Waals surface area contributed by atoms with Gasteiger partial charge in [-0.05, 0) is 40.6 Å². The Balaban J connectivity index is 1.74. The molecule has 28 heavy (non-hydrogen) atoms. The van der Waals surface area contributed by atoms with E-state index in [2.05, 4.69) is 47.3 Å². The van der Waals surface area contributed by atoms with E-state index in [1.165, 1.54) is 0 Å². The summed E-state index contributed by atoms with van der Waals surface area (Å²) < 4.78 is 2.11. The van der Waals surface area contributed by atoms with Gasteiger partial charge in [0.15, 0.2) is 0 Å². The van der Waals surface area contributed by atoms with Crippen LogP contribution in [0.4, 0.5) is 5.69 Å². The summed E-state index contributed by atoms with van der Waals surface area (Å²) in [6.45, 7) is 0. The largest absolute Gasteiger partial charge is 0.323 e. The Morgan fingerprint density at radius 1 is 0.714 bits per heavy atom. The number of benzene rings is 4. The molecule has 0 bridgehead atoms. The van der Waals surface area contributed by atoms with E-state index in [9.17, 15) is 10.1 Å². The third-order valence-electron chi connectivity index (χ3n) is 5.11. The number of fused-ring (bicyclic) bond motifs is 3. The van der Waals surface area contributed by atoms with Crippen molar-refractivity contribution in [1.29, 1.82) is 0 Å². The summed E-state index contributed by atoms with van der Waals surface area (Å²) in [5, 5.41) is 15.9. The molecule has 0 saturated heterocycles. The first-order valence-electron chi connectivity index (χ1n) is 9.04. The van der Waals surface area contributed by atoms with Crippen molar-refractivity contribution in [2.24, 2.45) is 0 Å². The van der Waals surface area contributed by atoms with Crippen molar-refractivity contribution in [2.45, 2.75) is 0 Å². The lowest BCUT2D eigenvalue weighted by Crippen LogP contribution is -1.91. The maximum absolute atomic E-state index is 11.4. The summed E-state index contributed by atoms with van der Waals surface area (Å²) in [4.78, 5) is 11.1. The predicted molar refractivity (Wildman–Crippen MR) is 113 cm³/mol. The van der Waals surface area contributed by atoms with Crippen molar-refractivity contribution >= 4 is 27.2 Å². The van der Waals surface area contributed by atoms with Gasteiger partial charge in [-0.3, -0.25) is 10.1 Å². The lowest BCUT2D eigenvalue weighted by Gasteiger charge is -2.06. The van der Waals surface area contributed by atoms with Gasteiger partial charge in [0.05, 0.1) is 10.5 Å². The van der Waals surface area contributed by atoms with Crippen LogP contribution in [0.15, 0.2) is 97.3 Å². The van der Waals surface area contributed by atoms with Crippen LogP contribution in [0.25, 0.3) is 38.4 Å². The highest BCUT2D eigenvalue weighted by atomic mass is 16.6. The second kappa shape index (κ2) is 6.35. The zero-order valence-electron chi connectivity index (χ0n) is 14.9. The molecule has 4 heteroatoms. The molecule has 0 aliphatic carbocycles. The highest BCUT2D eigenvalue weighted by molar-refractivity contribution is 6.09. The minimum Gasteiger partial charge on any atom is -0.323 e. The minimum atomic E-state index is -0.327. The molecule has 1 aromatic heterocycles. The van der Waals surface area contributed by atoms with Crippen LogP contribution in [-0.2, 0) is 0 Å². The van der Waals surface area contributed by atoms with Crippen LogP contribution in [0.5, 0.6) is 0 Å². The van der Waals surface area contributed by atoms with Crippen molar-refractivity contribution in [3.05, 3.63) is 107 Å². The number of nitrogens with zero attached hydrogens (tertiary/aromatic N) is 2. The van der Waals surface area contributed by atoms with Crippen LogP contribution < -0.4 is 0 Å². The lowest BCUT2D eigenvalue weighted by atomic mass is 9.98. The average Bonchev–Trinajstić information content (AvgIpc) is 3.19. The van der Waals surface area contributed by atoms with Gasteiger partial charge >= 0.3 is 0 Å². The second-order valence-corrected chi connectivity index (χ2v) is 6.78. The molecular formula is C24H16N2O2. The van der Waals surface area contributed by atoms with Crippen molar-refractivity contribution in [1.82, 2.24) is 4.57 Å². The second-order valence-electron chi connectivity index (χ2n) is 6.78. The summed E-state index contributed by atoms with van der Waals surface area (Å²) in [5.41, 5.74) is 2.70. The van der Waals surface area contributed by atoms with Crippen molar-refractivity contribution in [3.63, 3.8) is 0 Å². The molecule has 1 heterocycles.